The predicted octanol–water partition coefficient (Wildman–Crippen LogP) is 3.37. The highest BCUT2D eigenvalue weighted by molar-refractivity contribution is 5.90. The lowest BCUT2D eigenvalue weighted by Crippen LogP contribution is -1.88. The predicted molar refractivity (Wildman–Crippen MR) is 61.4 cm³/mol. The lowest BCUT2D eigenvalue weighted by molar-refractivity contribution is 0.463. The molecular formula is C13H14O2. The molecule has 0 aliphatic rings. The molecule has 0 spiro atoms. The molecule has 0 fully saturated rings. The van der Waals surface area contributed by atoms with Crippen LogP contribution >= 0.6 is 0 Å². The van der Waals surface area contributed by atoms with Crippen LogP contribution in [0.5, 0.6) is 11.5 Å². The third-order valence-corrected chi connectivity index (χ3v) is 2.63. The summed E-state index contributed by atoms with van der Waals surface area (Å²) in [4.78, 5) is 0. The lowest BCUT2D eigenvalue weighted by atomic mass is 9.98. The van der Waals surface area contributed by atoms with Crippen molar-refractivity contribution in [3.05, 3.63) is 35.9 Å². The number of phenolic OH excluding ortho intramolecular Hbond substituents is 2. The topological polar surface area (TPSA) is 40.5 Å². The maximum absolute atomic E-state index is 9.79. The second kappa shape index (κ2) is 3.46. The summed E-state index contributed by atoms with van der Waals surface area (Å²) >= 11 is 0. The minimum atomic E-state index is 0.207. The van der Waals surface area contributed by atoms with Crippen LogP contribution in [0.2, 0.25) is 0 Å². The van der Waals surface area contributed by atoms with Crippen LogP contribution in [0.1, 0.15) is 25.3 Å². The van der Waals surface area contributed by atoms with Gasteiger partial charge in [0.15, 0.2) is 0 Å². The van der Waals surface area contributed by atoms with Gasteiger partial charge in [0.05, 0.1) is 0 Å². The zero-order chi connectivity index (χ0) is 11.0. The van der Waals surface area contributed by atoms with Crippen LogP contribution in [0.3, 0.4) is 0 Å². The molecule has 0 bridgehead atoms. The Bertz CT molecular complexity index is 501. The molecule has 2 heteroatoms. The van der Waals surface area contributed by atoms with Gasteiger partial charge in [-0.2, -0.15) is 0 Å². The molecule has 0 amide bonds. The fourth-order valence-corrected chi connectivity index (χ4v) is 1.78. The van der Waals surface area contributed by atoms with E-state index in [9.17, 15) is 10.2 Å². The molecule has 0 aliphatic carbocycles. The van der Waals surface area contributed by atoms with Crippen molar-refractivity contribution < 1.29 is 10.2 Å². The third-order valence-electron chi connectivity index (χ3n) is 2.63. The number of fused-ring (bicyclic) bond motifs is 1. The number of aromatic hydroxyl groups is 2. The van der Waals surface area contributed by atoms with E-state index in [1.807, 2.05) is 26.0 Å². The second-order valence-corrected chi connectivity index (χ2v) is 4.06. The summed E-state index contributed by atoms with van der Waals surface area (Å²) in [6, 6.07) is 8.91. The first-order valence-electron chi connectivity index (χ1n) is 5.04. The normalized spacial score (nSPS) is 11.1. The first-order chi connectivity index (χ1) is 7.09. The fraction of sp³-hybridized carbons (Fsp3) is 0.231. The molecular weight excluding hydrogens is 188 g/mol. The molecule has 2 aromatic rings. The van der Waals surface area contributed by atoms with E-state index in [2.05, 4.69) is 0 Å². The largest absolute Gasteiger partial charge is 0.508 e. The first kappa shape index (κ1) is 9.84. The van der Waals surface area contributed by atoms with Gasteiger partial charge in [0.2, 0.25) is 0 Å². The number of rotatable bonds is 1. The fourth-order valence-electron chi connectivity index (χ4n) is 1.78. The maximum atomic E-state index is 9.79. The van der Waals surface area contributed by atoms with Gasteiger partial charge in [-0.25, -0.2) is 0 Å². The van der Waals surface area contributed by atoms with Gasteiger partial charge in [0.1, 0.15) is 11.5 Å². The standard InChI is InChI=1S/C13H14O2/c1-8(2)10-6-9-4-3-5-12(14)11(9)7-13(10)15/h3-8,14-15H,1-2H3. The Morgan fingerprint density at radius 3 is 2.40 bits per heavy atom. The van der Waals surface area contributed by atoms with E-state index in [4.69, 9.17) is 0 Å². The molecule has 0 radical (unpaired) electrons. The average Bonchev–Trinajstić information content (AvgIpc) is 2.18. The van der Waals surface area contributed by atoms with Crippen molar-refractivity contribution in [2.24, 2.45) is 0 Å². The summed E-state index contributed by atoms with van der Waals surface area (Å²) in [6.07, 6.45) is 0. The van der Waals surface area contributed by atoms with E-state index in [1.165, 1.54) is 0 Å². The molecule has 0 saturated heterocycles. The zero-order valence-electron chi connectivity index (χ0n) is 8.86. The van der Waals surface area contributed by atoms with E-state index in [0.717, 1.165) is 10.9 Å². The summed E-state index contributed by atoms with van der Waals surface area (Å²) < 4.78 is 0. The minimum Gasteiger partial charge on any atom is -0.508 e. The van der Waals surface area contributed by atoms with Crippen molar-refractivity contribution in [2.75, 3.05) is 0 Å². The van der Waals surface area contributed by atoms with Crippen LogP contribution in [0.4, 0.5) is 0 Å². The van der Waals surface area contributed by atoms with Crippen LogP contribution in [0, 0.1) is 0 Å². The molecule has 2 nitrogen and oxygen atoms in total. The van der Waals surface area contributed by atoms with E-state index in [0.29, 0.717) is 5.39 Å². The van der Waals surface area contributed by atoms with E-state index in [-0.39, 0.29) is 17.4 Å². The first-order valence-corrected chi connectivity index (χ1v) is 5.04. The summed E-state index contributed by atoms with van der Waals surface area (Å²) in [6.45, 7) is 4.06. The number of benzene rings is 2. The molecule has 0 unspecified atom stereocenters. The van der Waals surface area contributed by atoms with E-state index in [1.54, 1.807) is 18.2 Å². The van der Waals surface area contributed by atoms with Crippen LogP contribution in [-0.2, 0) is 0 Å². The highest BCUT2D eigenvalue weighted by Crippen LogP contribution is 2.33. The molecule has 2 aromatic carbocycles. The van der Waals surface area contributed by atoms with Crippen molar-refractivity contribution in [2.45, 2.75) is 19.8 Å². The summed E-state index contributed by atoms with van der Waals surface area (Å²) in [5, 5.41) is 21.1. The molecule has 78 valence electrons. The van der Waals surface area contributed by atoms with Gasteiger partial charge >= 0.3 is 0 Å². The van der Waals surface area contributed by atoms with Crippen molar-refractivity contribution in [3.63, 3.8) is 0 Å². The van der Waals surface area contributed by atoms with Gasteiger partial charge in [0.25, 0.3) is 0 Å². The van der Waals surface area contributed by atoms with Crippen LogP contribution in [0.25, 0.3) is 10.8 Å². The molecule has 0 aromatic heterocycles. The number of hydrogen-bond donors (Lipinski definition) is 2. The molecule has 0 heterocycles. The summed E-state index contributed by atoms with van der Waals surface area (Å²) in [5.74, 6) is 0.730. The Hall–Kier alpha value is -1.70. The Morgan fingerprint density at radius 2 is 1.73 bits per heavy atom. The quantitative estimate of drug-likeness (QED) is 0.744. The van der Waals surface area contributed by atoms with Crippen LogP contribution in [-0.4, -0.2) is 10.2 Å². The summed E-state index contributed by atoms with van der Waals surface area (Å²) in [7, 11) is 0. The SMILES string of the molecule is CC(C)c1cc2cccc(O)c2cc1O. The smallest absolute Gasteiger partial charge is 0.123 e. The van der Waals surface area contributed by atoms with Gasteiger partial charge in [-0.05, 0) is 35.1 Å². The average molecular weight is 202 g/mol. The highest BCUT2D eigenvalue weighted by atomic mass is 16.3. The zero-order valence-corrected chi connectivity index (χ0v) is 8.86. The van der Waals surface area contributed by atoms with E-state index < -0.39 is 0 Å². The Balaban J connectivity index is 2.76. The number of hydrogen-bond acceptors (Lipinski definition) is 2. The Kier molecular flexibility index (Phi) is 2.27. The van der Waals surface area contributed by atoms with Crippen molar-refractivity contribution in [1.82, 2.24) is 0 Å². The van der Waals surface area contributed by atoms with E-state index >= 15 is 0 Å². The maximum Gasteiger partial charge on any atom is 0.123 e. The van der Waals surface area contributed by atoms with Crippen LogP contribution < -0.4 is 0 Å². The Labute approximate surface area is 88.8 Å². The lowest BCUT2D eigenvalue weighted by Gasteiger charge is -2.10. The number of phenols is 2. The molecule has 15 heavy (non-hydrogen) atoms. The van der Waals surface area contributed by atoms with Gasteiger partial charge in [-0.15, -0.1) is 0 Å². The molecule has 2 rings (SSSR count). The van der Waals surface area contributed by atoms with Gasteiger partial charge in [0, 0.05) is 5.39 Å². The van der Waals surface area contributed by atoms with Gasteiger partial charge in [-0.3, -0.25) is 0 Å². The van der Waals surface area contributed by atoms with Crippen molar-refractivity contribution >= 4 is 10.8 Å². The molecule has 0 aliphatic heterocycles. The second-order valence-electron chi connectivity index (χ2n) is 4.06. The minimum absolute atomic E-state index is 0.207. The molecule has 0 atom stereocenters. The van der Waals surface area contributed by atoms with Gasteiger partial charge in [-0.1, -0.05) is 26.0 Å². The third kappa shape index (κ3) is 1.63. The van der Waals surface area contributed by atoms with Crippen LogP contribution in [0.15, 0.2) is 30.3 Å². The Morgan fingerprint density at radius 1 is 1.00 bits per heavy atom. The van der Waals surface area contributed by atoms with Crippen molar-refractivity contribution in [3.8, 4) is 11.5 Å². The molecule has 2 N–H and O–H groups in total. The highest BCUT2D eigenvalue weighted by Gasteiger charge is 2.09. The monoisotopic (exact) mass is 202 g/mol. The molecule has 0 saturated carbocycles. The summed E-state index contributed by atoms with van der Waals surface area (Å²) in [5.41, 5.74) is 0.910. The van der Waals surface area contributed by atoms with Gasteiger partial charge < -0.3 is 10.2 Å². The van der Waals surface area contributed by atoms with Crippen molar-refractivity contribution in [1.29, 1.82) is 0 Å².